The number of anilines is 1. The minimum atomic E-state index is -0.0621. The molecule has 0 aliphatic carbocycles. The predicted molar refractivity (Wildman–Crippen MR) is 81.2 cm³/mol. The number of nitrogens with zero attached hydrogens (tertiary/aromatic N) is 3. The SMILES string of the molecule is CN(C)C(=O)c1ccc(NCCN2CCCCC2=O)nc1. The summed E-state index contributed by atoms with van der Waals surface area (Å²) in [7, 11) is 3.42. The number of nitrogens with one attached hydrogen (secondary N) is 1. The summed E-state index contributed by atoms with van der Waals surface area (Å²) in [5.74, 6) is 0.894. The van der Waals surface area contributed by atoms with Crippen molar-refractivity contribution in [3.8, 4) is 0 Å². The van der Waals surface area contributed by atoms with Gasteiger partial charge >= 0.3 is 0 Å². The molecule has 1 N–H and O–H groups in total. The summed E-state index contributed by atoms with van der Waals surface area (Å²) in [6.45, 7) is 2.21. The van der Waals surface area contributed by atoms with Gasteiger partial charge in [0.2, 0.25) is 5.91 Å². The van der Waals surface area contributed by atoms with Crippen molar-refractivity contribution in [1.29, 1.82) is 0 Å². The van der Waals surface area contributed by atoms with Crippen LogP contribution in [-0.4, -0.2) is 60.3 Å². The van der Waals surface area contributed by atoms with Crippen molar-refractivity contribution in [2.24, 2.45) is 0 Å². The van der Waals surface area contributed by atoms with Crippen LogP contribution in [0.2, 0.25) is 0 Å². The van der Waals surface area contributed by atoms with E-state index < -0.39 is 0 Å². The third-order valence-electron chi connectivity index (χ3n) is 3.53. The molecule has 0 unspecified atom stereocenters. The molecule has 1 saturated heterocycles. The van der Waals surface area contributed by atoms with E-state index in [1.54, 1.807) is 32.4 Å². The van der Waals surface area contributed by atoms with E-state index in [4.69, 9.17) is 0 Å². The number of likely N-dealkylation sites (tertiary alicyclic amines) is 1. The molecule has 1 aliphatic rings. The van der Waals surface area contributed by atoms with Crippen LogP contribution in [0.3, 0.4) is 0 Å². The van der Waals surface area contributed by atoms with E-state index in [0.29, 0.717) is 25.1 Å². The number of amides is 2. The van der Waals surface area contributed by atoms with Gasteiger partial charge in [0, 0.05) is 46.3 Å². The lowest BCUT2D eigenvalue weighted by molar-refractivity contribution is -0.133. The van der Waals surface area contributed by atoms with E-state index in [1.165, 1.54) is 4.90 Å². The van der Waals surface area contributed by atoms with Crippen molar-refractivity contribution in [3.63, 3.8) is 0 Å². The second-order valence-electron chi connectivity index (χ2n) is 5.40. The highest BCUT2D eigenvalue weighted by atomic mass is 16.2. The molecule has 1 aromatic heterocycles. The molecular weight excluding hydrogens is 268 g/mol. The Labute approximate surface area is 125 Å². The first-order chi connectivity index (χ1) is 10.1. The second-order valence-corrected chi connectivity index (χ2v) is 5.40. The fourth-order valence-corrected chi connectivity index (χ4v) is 2.30. The van der Waals surface area contributed by atoms with E-state index in [9.17, 15) is 9.59 Å². The number of piperidine rings is 1. The molecular formula is C15H22N4O2. The topological polar surface area (TPSA) is 65.5 Å². The molecule has 21 heavy (non-hydrogen) atoms. The van der Waals surface area contributed by atoms with E-state index in [2.05, 4.69) is 10.3 Å². The Bertz CT molecular complexity index is 499. The summed E-state index contributed by atoms with van der Waals surface area (Å²) < 4.78 is 0. The average Bonchev–Trinajstić information content (AvgIpc) is 2.49. The molecule has 1 aliphatic heterocycles. The van der Waals surface area contributed by atoms with Crippen molar-refractivity contribution < 1.29 is 9.59 Å². The first kappa shape index (κ1) is 15.3. The summed E-state index contributed by atoms with van der Waals surface area (Å²) in [4.78, 5) is 31.0. The van der Waals surface area contributed by atoms with Crippen molar-refractivity contribution in [3.05, 3.63) is 23.9 Å². The lowest BCUT2D eigenvalue weighted by atomic mass is 10.1. The van der Waals surface area contributed by atoms with Crippen molar-refractivity contribution in [2.75, 3.05) is 39.0 Å². The molecule has 114 valence electrons. The van der Waals surface area contributed by atoms with Gasteiger partial charge in [0.15, 0.2) is 0 Å². The number of carbonyl (C=O) groups excluding carboxylic acids is 2. The lowest BCUT2D eigenvalue weighted by Crippen LogP contribution is -2.38. The third kappa shape index (κ3) is 4.18. The largest absolute Gasteiger partial charge is 0.368 e. The lowest BCUT2D eigenvalue weighted by Gasteiger charge is -2.26. The zero-order valence-electron chi connectivity index (χ0n) is 12.6. The van der Waals surface area contributed by atoms with Crippen LogP contribution >= 0.6 is 0 Å². The highest BCUT2D eigenvalue weighted by Crippen LogP contribution is 2.10. The van der Waals surface area contributed by atoms with Gasteiger partial charge in [0.25, 0.3) is 5.91 Å². The Kier molecular flexibility index (Phi) is 5.14. The first-order valence-corrected chi connectivity index (χ1v) is 7.27. The Hall–Kier alpha value is -2.11. The maximum atomic E-state index is 11.7. The average molecular weight is 290 g/mol. The second kappa shape index (κ2) is 7.06. The maximum Gasteiger partial charge on any atom is 0.254 e. The highest BCUT2D eigenvalue weighted by Gasteiger charge is 2.17. The van der Waals surface area contributed by atoms with E-state index in [-0.39, 0.29) is 11.8 Å². The minimum absolute atomic E-state index is 0.0621. The van der Waals surface area contributed by atoms with Crippen molar-refractivity contribution >= 4 is 17.6 Å². The van der Waals surface area contributed by atoms with E-state index >= 15 is 0 Å². The summed E-state index contributed by atoms with van der Waals surface area (Å²) >= 11 is 0. The Morgan fingerprint density at radius 3 is 2.81 bits per heavy atom. The molecule has 0 atom stereocenters. The standard InChI is InChI=1S/C15H22N4O2/c1-18(2)15(21)12-6-7-13(17-11-12)16-8-10-19-9-4-3-5-14(19)20/h6-7,11H,3-5,8-10H2,1-2H3,(H,16,17). The molecule has 6 heteroatoms. The molecule has 2 heterocycles. The van der Waals surface area contributed by atoms with Crippen LogP contribution in [0, 0.1) is 0 Å². The van der Waals surface area contributed by atoms with Crippen LogP contribution in [0.15, 0.2) is 18.3 Å². The van der Waals surface area contributed by atoms with Gasteiger partial charge in [-0.25, -0.2) is 4.98 Å². The van der Waals surface area contributed by atoms with Crippen LogP contribution in [0.1, 0.15) is 29.6 Å². The van der Waals surface area contributed by atoms with Crippen molar-refractivity contribution in [2.45, 2.75) is 19.3 Å². The summed E-state index contributed by atoms with van der Waals surface area (Å²) in [5, 5.41) is 3.18. The van der Waals surface area contributed by atoms with Gasteiger partial charge in [-0.1, -0.05) is 0 Å². The molecule has 0 saturated carbocycles. The normalized spacial score (nSPS) is 15.0. The van der Waals surface area contributed by atoms with Crippen LogP contribution in [0.4, 0.5) is 5.82 Å². The first-order valence-electron chi connectivity index (χ1n) is 7.27. The van der Waals surface area contributed by atoms with E-state index in [1.807, 2.05) is 4.90 Å². The summed E-state index contributed by atoms with van der Waals surface area (Å²) in [5.41, 5.74) is 0.566. The molecule has 0 bridgehead atoms. The minimum Gasteiger partial charge on any atom is -0.368 e. The van der Waals surface area contributed by atoms with Crippen LogP contribution in [0.25, 0.3) is 0 Å². The van der Waals surface area contributed by atoms with Crippen LogP contribution < -0.4 is 5.32 Å². The molecule has 0 aromatic carbocycles. The molecule has 2 rings (SSSR count). The molecule has 6 nitrogen and oxygen atoms in total. The number of pyridine rings is 1. The third-order valence-corrected chi connectivity index (χ3v) is 3.53. The fraction of sp³-hybridized carbons (Fsp3) is 0.533. The Morgan fingerprint density at radius 2 is 2.19 bits per heavy atom. The predicted octanol–water partition coefficient (Wildman–Crippen LogP) is 1.21. The highest BCUT2D eigenvalue weighted by molar-refractivity contribution is 5.93. The van der Waals surface area contributed by atoms with Gasteiger partial charge in [-0.3, -0.25) is 9.59 Å². The smallest absolute Gasteiger partial charge is 0.254 e. The Morgan fingerprint density at radius 1 is 1.38 bits per heavy atom. The fourth-order valence-electron chi connectivity index (χ4n) is 2.30. The number of hydrogen-bond donors (Lipinski definition) is 1. The Balaban J connectivity index is 1.81. The zero-order valence-corrected chi connectivity index (χ0v) is 12.6. The van der Waals surface area contributed by atoms with E-state index in [0.717, 1.165) is 25.2 Å². The molecule has 1 aromatic rings. The molecule has 2 amide bonds. The molecule has 1 fully saturated rings. The number of rotatable bonds is 5. The van der Waals surface area contributed by atoms with Crippen molar-refractivity contribution in [1.82, 2.24) is 14.8 Å². The van der Waals surface area contributed by atoms with Crippen LogP contribution in [-0.2, 0) is 4.79 Å². The van der Waals surface area contributed by atoms with Gasteiger partial charge in [-0.2, -0.15) is 0 Å². The van der Waals surface area contributed by atoms with Gasteiger partial charge in [-0.05, 0) is 25.0 Å². The molecule has 0 spiro atoms. The zero-order chi connectivity index (χ0) is 15.2. The summed E-state index contributed by atoms with van der Waals surface area (Å²) in [6.07, 6.45) is 4.33. The van der Waals surface area contributed by atoms with Gasteiger partial charge in [0.1, 0.15) is 5.82 Å². The molecule has 0 radical (unpaired) electrons. The van der Waals surface area contributed by atoms with Gasteiger partial charge in [-0.15, -0.1) is 0 Å². The monoisotopic (exact) mass is 290 g/mol. The van der Waals surface area contributed by atoms with Crippen LogP contribution in [0.5, 0.6) is 0 Å². The van der Waals surface area contributed by atoms with Gasteiger partial charge in [0.05, 0.1) is 5.56 Å². The number of carbonyl (C=O) groups is 2. The maximum absolute atomic E-state index is 11.7. The number of hydrogen-bond acceptors (Lipinski definition) is 4. The number of aromatic nitrogens is 1. The summed E-state index contributed by atoms with van der Waals surface area (Å²) in [6, 6.07) is 3.54. The van der Waals surface area contributed by atoms with Gasteiger partial charge < -0.3 is 15.1 Å². The quantitative estimate of drug-likeness (QED) is 0.885.